The lowest BCUT2D eigenvalue weighted by molar-refractivity contribution is -0.117. The number of Topliss-reactive ketones (excluding diaryl/α,β-unsaturated/α-hetero) is 2. The third kappa shape index (κ3) is 6.06. The number of aromatic carboxylic acids is 2. The molecule has 10 rings (SSSR count). The van der Waals surface area contributed by atoms with Gasteiger partial charge in [0, 0.05) is 59.1 Å². The molecule has 16 heteroatoms. The Hall–Kier alpha value is -8.66. The number of aryl methyl sites for hydroxylation is 2. The number of rotatable bonds is 7. The number of hydrogen-bond acceptors (Lipinski definition) is 14. The van der Waals surface area contributed by atoms with Crippen molar-refractivity contribution in [3.8, 4) is 68.2 Å². The van der Waals surface area contributed by atoms with Gasteiger partial charge in [-0.15, -0.1) is 0 Å². The highest BCUT2D eigenvalue weighted by Gasteiger charge is 2.48. The van der Waals surface area contributed by atoms with E-state index in [9.17, 15) is 79.8 Å². The topological polar surface area (TPSA) is 305 Å². The van der Waals surface area contributed by atoms with Crippen molar-refractivity contribution in [3.63, 3.8) is 0 Å². The van der Waals surface area contributed by atoms with Crippen LogP contribution >= 0.6 is 0 Å². The van der Waals surface area contributed by atoms with Crippen LogP contribution in [-0.2, 0) is 48.1 Å². The van der Waals surface area contributed by atoms with Crippen LogP contribution in [0.4, 0.5) is 0 Å². The first-order valence-corrected chi connectivity index (χ1v) is 21.4. The summed E-state index contributed by atoms with van der Waals surface area (Å²) in [6.45, 7) is 2.52. The van der Waals surface area contributed by atoms with E-state index in [-0.39, 0.29) is 128 Å². The number of carbonyl (C=O) groups is 6. The average Bonchev–Trinajstić information content (AvgIpc) is 3.22. The molecule has 4 aliphatic carbocycles. The van der Waals surface area contributed by atoms with Gasteiger partial charge in [-0.25, -0.2) is 9.59 Å². The summed E-state index contributed by atoms with van der Waals surface area (Å²) in [6.07, 6.45) is -0.328. The van der Waals surface area contributed by atoms with Crippen molar-refractivity contribution in [3.05, 3.63) is 138 Å². The van der Waals surface area contributed by atoms with E-state index in [2.05, 4.69) is 0 Å². The van der Waals surface area contributed by atoms with Gasteiger partial charge in [0.2, 0.25) is 11.6 Å². The standard InChI is InChI=1S/C52H38O16/c1-17(53)7-21-9-19-3-5-25-27(35(19)47(61)37(21)51(65)66)15-31-39(29-11-23(55)13-33(57)41(29)49(63)43(31)45(25)59)40-30-12-24(56)14-34(58)42(30)50(64)44-32(40)16-28-26(46(44)60)6-4-20-10-22(8-18(2)54)38(52(67)68)48(62)36(20)28/h9-16,39-40,55-62H,3-8H2,1-2H3,(H,65,66)(H,67,68)/t39-,40+. The molecule has 342 valence electrons. The summed E-state index contributed by atoms with van der Waals surface area (Å²) in [6, 6.07) is 9.95. The highest BCUT2D eigenvalue weighted by molar-refractivity contribution is 6.19. The smallest absolute Gasteiger partial charge is 0.339 e. The number of hydrogen-bond donors (Lipinski definition) is 10. The molecule has 6 aromatic carbocycles. The second kappa shape index (κ2) is 14.9. The van der Waals surface area contributed by atoms with Gasteiger partial charge in [-0.2, -0.15) is 0 Å². The van der Waals surface area contributed by atoms with Gasteiger partial charge in [-0.1, -0.05) is 12.1 Å². The molecule has 6 aromatic rings. The monoisotopic (exact) mass is 918 g/mol. The summed E-state index contributed by atoms with van der Waals surface area (Å²) >= 11 is 0. The van der Waals surface area contributed by atoms with Crippen molar-refractivity contribution in [2.24, 2.45) is 0 Å². The van der Waals surface area contributed by atoms with E-state index in [1.807, 2.05) is 0 Å². The zero-order valence-corrected chi connectivity index (χ0v) is 35.9. The highest BCUT2D eigenvalue weighted by Crippen LogP contribution is 2.60. The van der Waals surface area contributed by atoms with Gasteiger partial charge in [0.25, 0.3) is 0 Å². The van der Waals surface area contributed by atoms with Gasteiger partial charge < -0.3 is 51.1 Å². The number of carboxylic acids is 2. The van der Waals surface area contributed by atoms with Crippen molar-refractivity contribution < 1.29 is 79.8 Å². The van der Waals surface area contributed by atoms with Crippen molar-refractivity contribution in [1.82, 2.24) is 0 Å². The van der Waals surface area contributed by atoms with Crippen LogP contribution in [0.3, 0.4) is 0 Å². The summed E-state index contributed by atoms with van der Waals surface area (Å²) in [4.78, 5) is 79.5. The predicted molar refractivity (Wildman–Crippen MR) is 238 cm³/mol. The van der Waals surface area contributed by atoms with Crippen molar-refractivity contribution in [1.29, 1.82) is 0 Å². The molecule has 0 fully saturated rings. The van der Waals surface area contributed by atoms with Gasteiger partial charge >= 0.3 is 11.9 Å². The summed E-state index contributed by atoms with van der Waals surface area (Å²) in [5.74, 6) is -13.8. The lowest BCUT2D eigenvalue weighted by Crippen LogP contribution is -2.30. The van der Waals surface area contributed by atoms with Crippen molar-refractivity contribution in [2.45, 2.75) is 64.2 Å². The minimum atomic E-state index is -1.55. The van der Waals surface area contributed by atoms with Gasteiger partial charge in [-0.05, 0) is 119 Å². The van der Waals surface area contributed by atoms with E-state index < -0.39 is 104 Å². The predicted octanol–water partition coefficient (Wildman–Crippen LogP) is 6.57. The molecule has 0 heterocycles. The van der Waals surface area contributed by atoms with Crippen molar-refractivity contribution >= 4 is 35.1 Å². The molecule has 0 unspecified atom stereocenters. The molecule has 16 nitrogen and oxygen atoms in total. The first-order chi connectivity index (χ1) is 32.2. The number of ketones is 4. The fourth-order valence-corrected chi connectivity index (χ4v) is 11.3. The molecule has 0 bridgehead atoms. The molecule has 68 heavy (non-hydrogen) atoms. The Morgan fingerprint density at radius 2 is 0.809 bits per heavy atom. The van der Waals surface area contributed by atoms with Crippen LogP contribution in [0.1, 0.15) is 134 Å². The van der Waals surface area contributed by atoms with Gasteiger partial charge in [0.05, 0.1) is 22.3 Å². The first-order valence-electron chi connectivity index (χ1n) is 21.4. The number of carboxylic acid groups (broad SMARTS) is 2. The number of phenols is 8. The molecule has 0 saturated carbocycles. The van der Waals surface area contributed by atoms with Crippen molar-refractivity contribution in [2.75, 3.05) is 0 Å². The lowest BCUT2D eigenvalue weighted by Gasteiger charge is -2.40. The second-order valence-electron chi connectivity index (χ2n) is 17.9. The Morgan fingerprint density at radius 1 is 0.456 bits per heavy atom. The minimum Gasteiger partial charge on any atom is -0.508 e. The van der Waals surface area contributed by atoms with Crippen LogP contribution in [0.15, 0.2) is 48.5 Å². The number of benzene rings is 6. The summed E-state index contributed by atoms with van der Waals surface area (Å²) in [7, 11) is 0. The highest BCUT2D eigenvalue weighted by atomic mass is 16.4. The van der Waals surface area contributed by atoms with E-state index in [1.165, 1.54) is 38.1 Å². The zero-order chi connectivity index (χ0) is 48.7. The number of phenolic OH excluding ortho intramolecular Hbond substituents is 6. The second-order valence-corrected chi connectivity index (χ2v) is 17.9. The van der Waals surface area contributed by atoms with E-state index >= 15 is 0 Å². The molecule has 0 amide bonds. The zero-order valence-electron chi connectivity index (χ0n) is 35.9. The fraction of sp³-hybridized carbons (Fsp3) is 0.192. The van der Waals surface area contributed by atoms with Gasteiger partial charge in [-0.3, -0.25) is 19.2 Å². The van der Waals surface area contributed by atoms with Gasteiger partial charge in [0.1, 0.15) is 68.7 Å². The largest absolute Gasteiger partial charge is 0.508 e. The molecule has 0 aliphatic heterocycles. The van der Waals surface area contributed by atoms with Crippen LogP contribution in [0.5, 0.6) is 46.0 Å². The Balaban J connectivity index is 1.33. The third-order valence-electron chi connectivity index (χ3n) is 13.8. The molecule has 0 spiro atoms. The Morgan fingerprint density at radius 3 is 1.15 bits per heavy atom. The van der Waals surface area contributed by atoms with Crippen LogP contribution in [0, 0.1) is 0 Å². The number of fused-ring (bicyclic) bond motifs is 10. The normalized spacial score (nSPS) is 16.0. The first kappa shape index (κ1) is 43.2. The molecule has 0 radical (unpaired) electrons. The van der Waals surface area contributed by atoms with Gasteiger partial charge in [0.15, 0.2) is 0 Å². The molecule has 0 aromatic heterocycles. The average molecular weight is 919 g/mol. The maximum absolute atomic E-state index is 14.8. The molecule has 10 N–H and O–H groups in total. The summed E-state index contributed by atoms with van der Waals surface area (Å²) in [5, 5.41) is 114. The maximum atomic E-state index is 14.8. The van der Waals surface area contributed by atoms with Crippen LogP contribution in [0.25, 0.3) is 22.3 Å². The molecular weight excluding hydrogens is 881 g/mol. The third-order valence-corrected chi connectivity index (χ3v) is 13.8. The lowest BCUT2D eigenvalue weighted by atomic mass is 9.62. The Bertz CT molecular complexity index is 3220. The molecule has 4 aliphatic rings. The summed E-state index contributed by atoms with van der Waals surface area (Å²) < 4.78 is 0. The SMILES string of the molecule is CC(=O)Cc1cc2c(c(O)c1C(=O)O)-c1cc3c(c(O)c1CC2)C(=O)c1c(O)cc(O)cc1[C@H]3[C@H]1c2cc(O)cc(O)c2C(=O)c2c1cc1c(c2O)CCc2cc(CC(C)=O)c(C(=O)O)c(O)c2-1. The van der Waals surface area contributed by atoms with Crippen LogP contribution in [-0.4, -0.2) is 86.1 Å². The number of aromatic hydroxyl groups is 8. The fourth-order valence-electron chi connectivity index (χ4n) is 11.3. The number of carbonyl (C=O) groups excluding carboxylic acids is 4. The van der Waals surface area contributed by atoms with Crippen LogP contribution < -0.4 is 0 Å². The minimum absolute atomic E-state index is 0.0307. The molecule has 2 atom stereocenters. The van der Waals surface area contributed by atoms with E-state index in [0.717, 1.165) is 24.3 Å². The Labute approximate surface area is 383 Å². The van der Waals surface area contributed by atoms with E-state index in [1.54, 1.807) is 0 Å². The van der Waals surface area contributed by atoms with Crippen LogP contribution in [0.2, 0.25) is 0 Å². The molecular formula is C52H38O16. The molecule has 0 saturated heterocycles. The quantitative estimate of drug-likeness (QED) is 0.0809. The maximum Gasteiger partial charge on any atom is 0.339 e. The summed E-state index contributed by atoms with van der Waals surface area (Å²) in [5.41, 5.74) is -1.80. The van der Waals surface area contributed by atoms with E-state index in [4.69, 9.17) is 0 Å². The van der Waals surface area contributed by atoms with E-state index in [0.29, 0.717) is 11.1 Å². The Kier molecular flexibility index (Phi) is 9.50.